The highest BCUT2D eigenvalue weighted by molar-refractivity contribution is 7.91. The Hall–Kier alpha value is -2.32. The van der Waals surface area contributed by atoms with Gasteiger partial charge in [-0.2, -0.15) is 8.78 Å². The molecule has 0 spiro atoms. The first kappa shape index (κ1) is 22.0. The Bertz CT molecular complexity index is 896. The van der Waals surface area contributed by atoms with Gasteiger partial charge < -0.3 is 5.32 Å². The van der Waals surface area contributed by atoms with Crippen molar-refractivity contribution in [3.8, 4) is 0 Å². The molecular weight excluding hydrogens is 386 g/mol. The summed E-state index contributed by atoms with van der Waals surface area (Å²) in [5.41, 5.74) is 2.29. The first-order chi connectivity index (χ1) is 13.3. The quantitative estimate of drug-likeness (QED) is 0.688. The van der Waals surface area contributed by atoms with E-state index in [2.05, 4.69) is 24.1 Å². The summed E-state index contributed by atoms with van der Waals surface area (Å²) in [6.07, 6.45) is 0. The minimum atomic E-state index is -4.66. The van der Waals surface area contributed by atoms with E-state index in [1.54, 1.807) is 0 Å². The lowest BCUT2D eigenvalue weighted by Crippen LogP contribution is -2.24. The molecule has 0 unspecified atom stereocenters. The Morgan fingerprint density at radius 2 is 1.64 bits per heavy atom. The van der Waals surface area contributed by atoms with Gasteiger partial charge in [0.25, 0.3) is 5.91 Å². The molecule has 152 valence electrons. The van der Waals surface area contributed by atoms with E-state index in [-0.39, 0.29) is 5.56 Å². The first-order valence-electron chi connectivity index (χ1n) is 8.98. The SMILES string of the molecule is CCN(CC)Cc1cccc(CNC(=O)c2ccc(S(=O)(=O)C(F)F)cc2)c1. The zero-order valence-electron chi connectivity index (χ0n) is 15.9. The number of nitrogens with one attached hydrogen (secondary N) is 1. The Morgan fingerprint density at radius 3 is 2.21 bits per heavy atom. The number of alkyl halides is 2. The predicted octanol–water partition coefficient (Wildman–Crippen LogP) is 3.45. The minimum absolute atomic E-state index is 0.201. The number of benzene rings is 2. The van der Waals surface area contributed by atoms with E-state index in [1.165, 1.54) is 12.1 Å². The molecule has 0 aliphatic heterocycles. The van der Waals surface area contributed by atoms with Crippen LogP contribution in [-0.2, 0) is 22.9 Å². The van der Waals surface area contributed by atoms with Crippen LogP contribution in [0.5, 0.6) is 0 Å². The molecule has 2 aromatic rings. The number of sulfone groups is 1. The van der Waals surface area contributed by atoms with E-state index in [0.29, 0.717) is 6.54 Å². The molecule has 0 atom stereocenters. The Morgan fingerprint density at radius 1 is 1.04 bits per heavy atom. The second-order valence-corrected chi connectivity index (χ2v) is 8.21. The van der Waals surface area contributed by atoms with Gasteiger partial charge in [0.05, 0.1) is 4.90 Å². The first-order valence-corrected chi connectivity index (χ1v) is 10.5. The fourth-order valence-electron chi connectivity index (χ4n) is 2.73. The largest absolute Gasteiger partial charge is 0.348 e. The molecule has 1 amide bonds. The molecule has 0 radical (unpaired) electrons. The molecule has 2 rings (SSSR count). The number of rotatable bonds is 9. The molecule has 2 aromatic carbocycles. The summed E-state index contributed by atoms with van der Waals surface area (Å²) >= 11 is 0. The second-order valence-electron chi connectivity index (χ2n) is 6.29. The highest BCUT2D eigenvalue weighted by atomic mass is 32.2. The number of nitrogens with zero attached hydrogens (tertiary/aromatic N) is 1. The van der Waals surface area contributed by atoms with E-state index >= 15 is 0 Å². The Balaban J connectivity index is 2.01. The summed E-state index contributed by atoms with van der Waals surface area (Å²) in [5, 5.41) is 2.75. The van der Waals surface area contributed by atoms with Crippen molar-refractivity contribution in [2.45, 2.75) is 37.6 Å². The molecule has 0 fully saturated rings. The van der Waals surface area contributed by atoms with Gasteiger partial charge in [-0.1, -0.05) is 38.1 Å². The summed E-state index contributed by atoms with van der Waals surface area (Å²) in [5.74, 6) is -3.90. The number of amides is 1. The Kier molecular flexibility index (Phi) is 7.65. The summed E-state index contributed by atoms with van der Waals surface area (Å²) in [7, 11) is -4.66. The Labute approximate surface area is 164 Å². The molecule has 0 aliphatic rings. The molecular formula is C20H24F2N2O3S. The van der Waals surface area contributed by atoms with Gasteiger partial charge >= 0.3 is 5.76 Å². The molecule has 28 heavy (non-hydrogen) atoms. The maximum atomic E-state index is 12.6. The number of carbonyl (C=O) groups is 1. The highest BCUT2D eigenvalue weighted by Gasteiger charge is 2.26. The van der Waals surface area contributed by atoms with Crippen LogP contribution < -0.4 is 5.32 Å². The number of hydrogen-bond donors (Lipinski definition) is 1. The predicted molar refractivity (Wildman–Crippen MR) is 104 cm³/mol. The maximum absolute atomic E-state index is 12.6. The van der Waals surface area contributed by atoms with E-state index in [0.717, 1.165) is 42.9 Å². The normalized spacial score (nSPS) is 11.8. The molecule has 5 nitrogen and oxygen atoms in total. The third-order valence-electron chi connectivity index (χ3n) is 4.42. The van der Waals surface area contributed by atoms with Crippen LogP contribution in [0, 0.1) is 0 Å². The number of halogens is 2. The molecule has 1 N–H and O–H groups in total. The van der Waals surface area contributed by atoms with Gasteiger partial charge in [-0.25, -0.2) is 8.42 Å². The van der Waals surface area contributed by atoms with Crippen molar-refractivity contribution in [3.05, 3.63) is 65.2 Å². The van der Waals surface area contributed by atoms with Crippen LogP contribution in [0.1, 0.15) is 35.3 Å². The third-order valence-corrected chi connectivity index (χ3v) is 5.82. The average molecular weight is 410 g/mol. The van der Waals surface area contributed by atoms with Crippen LogP contribution in [0.3, 0.4) is 0 Å². The van der Waals surface area contributed by atoms with Crippen LogP contribution in [0.25, 0.3) is 0 Å². The maximum Gasteiger partial charge on any atom is 0.341 e. The summed E-state index contributed by atoms with van der Waals surface area (Å²) in [6, 6.07) is 12.4. The van der Waals surface area contributed by atoms with Crippen molar-refractivity contribution in [2.75, 3.05) is 13.1 Å². The fourth-order valence-corrected chi connectivity index (χ4v) is 3.45. The standard InChI is InChI=1S/C20H24F2N2O3S/c1-3-24(4-2)14-16-7-5-6-15(12-16)13-23-19(25)17-8-10-18(11-9-17)28(26,27)20(21)22/h5-12,20H,3-4,13-14H2,1-2H3,(H,23,25). The van der Waals surface area contributed by atoms with Gasteiger partial charge in [-0.3, -0.25) is 9.69 Å². The number of carbonyl (C=O) groups excluding carboxylic acids is 1. The molecule has 0 aromatic heterocycles. The lowest BCUT2D eigenvalue weighted by molar-refractivity contribution is 0.0951. The van der Waals surface area contributed by atoms with Crippen molar-refractivity contribution < 1.29 is 22.0 Å². The molecule has 8 heteroatoms. The average Bonchev–Trinajstić information content (AvgIpc) is 2.70. The zero-order valence-corrected chi connectivity index (χ0v) is 16.7. The topological polar surface area (TPSA) is 66.5 Å². The summed E-state index contributed by atoms with van der Waals surface area (Å²) in [4.78, 5) is 14.0. The van der Waals surface area contributed by atoms with E-state index < -0.39 is 26.4 Å². The molecule has 0 saturated heterocycles. The van der Waals surface area contributed by atoms with Crippen molar-refractivity contribution in [3.63, 3.8) is 0 Å². The lowest BCUT2D eigenvalue weighted by Gasteiger charge is -2.18. The smallest absolute Gasteiger partial charge is 0.341 e. The summed E-state index contributed by atoms with van der Waals surface area (Å²) < 4.78 is 47.9. The zero-order chi connectivity index (χ0) is 20.7. The van der Waals surface area contributed by atoms with Gasteiger partial charge in [0, 0.05) is 18.7 Å². The van der Waals surface area contributed by atoms with Crippen LogP contribution in [0.2, 0.25) is 0 Å². The van der Waals surface area contributed by atoms with Crippen molar-refractivity contribution in [1.82, 2.24) is 10.2 Å². The van der Waals surface area contributed by atoms with E-state index in [1.807, 2.05) is 24.3 Å². The molecule has 0 bridgehead atoms. The molecule has 0 heterocycles. The van der Waals surface area contributed by atoms with Crippen LogP contribution >= 0.6 is 0 Å². The highest BCUT2D eigenvalue weighted by Crippen LogP contribution is 2.18. The van der Waals surface area contributed by atoms with Crippen LogP contribution in [-0.4, -0.2) is 38.1 Å². The summed E-state index contributed by atoms with van der Waals surface area (Å²) in [6.45, 7) is 7.25. The van der Waals surface area contributed by atoms with Gasteiger partial charge in [0.2, 0.25) is 9.84 Å². The molecule has 0 aliphatic carbocycles. The lowest BCUT2D eigenvalue weighted by atomic mass is 10.1. The van der Waals surface area contributed by atoms with Crippen molar-refractivity contribution >= 4 is 15.7 Å². The van der Waals surface area contributed by atoms with Gasteiger partial charge in [0.1, 0.15) is 0 Å². The monoisotopic (exact) mass is 410 g/mol. The fraction of sp³-hybridized carbons (Fsp3) is 0.350. The third kappa shape index (κ3) is 5.59. The van der Waals surface area contributed by atoms with Crippen LogP contribution in [0.15, 0.2) is 53.4 Å². The second kappa shape index (κ2) is 9.75. The minimum Gasteiger partial charge on any atom is -0.348 e. The van der Waals surface area contributed by atoms with E-state index in [4.69, 9.17) is 0 Å². The van der Waals surface area contributed by atoms with Crippen molar-refractivity contribution in [2.24, 2.45) is 0 Å². The van der Waals surface area contributed by atoms with Gasteiger partial charge in [-0.05, 0) is 48.5 Å². The van der Waals surface area contributed by atoms with Crippen molar-refractivity contribution in [1.29, 1.82) is 0 Å². The molecule has 0 saturated carbocycles. The van der Waals surface area contributed by atoms with Gasteiger partial charge in [0.15, 0.2) is 0 Å². The number of hydrogen-bond acceptors (Lipinski definition) is 4. The van der Waals surface area contributed by atoms with E-state index in [9.17, 15) is 22.0 Å². The van der Waals surface area contributed by atoms with Crippen LogP contribution in [0.4, 0.5) is 8.78 Å². The van der Waals surface area contributed by atoms with Gasteiger partial charge in [-0.15, -0.1) is 0 Å².